The van der Waals surface area contributed by atoms with Gasteiger partial charge < -0.3 is 9.84 Å². The highest BCUT2D eigenvalue weighted by atomic mass is 79.9. The van der Waals surface area contributed by atoms with E-state index in [0.29, 0.717) is 0 Å². The summed E-state index contributed by atoms with van der Waals surface area (Å²) in [7, 11) is 1.07. The monoisotopic (exact) mass is 361 g/mol. The SMILES string of the molecule is COC(=O)c1c(O)c(N=C(NC#N)SC)cc(Br)c1F. The van der Waals surface area contributed by atoms with E-state index in [9.17, 15) is 14.3 Å². The van der Waals surface area contributed by atoms with Crippen LogP contribution in [0, 0.1) is 17.3 Å². The van der Waals surface area contributed by atoms with Gasteiger partial charge in [0, 0.05) is 0 Å². The van der Waals surface area contributed by atoms with Crippen molar-refractivity contribution in [2.75, 3.05) is 13.4 Å². The van der Waals surface area contributed by atoms with Crippen LogP contribution >= 0.6 is 27.7 Å². The van der Waals surface area contributed by atoms with Gasteiger partial charge in [-0.3, -0.25) is 5.32 Å². The number of ether oxygens (including phenoxy) is 1. The molecule has 106 valence electrons. The number of aromatic hydroxyl groups is 1. The molecule has 0 saturated carbocycles. The van der Waals surface area contributed by atoms with Crippen molar-refractivity contribution in [2.24, 2.45) is 4.99 Å². The summed E-state index contributed by atoms with van der Waals surface area (Å²) >= 11 is 4.03. The molecule has 1 aromatic carbocycles. The van der Waals surface area contributed by atoms with Gasteiger partial charge >= 0.3 is 5.97 Å². The number of carbonyl (C=O) groups is 1. The zero-order valence-corrected chi connectivity index (χ0v) is 12.8. The topological polar surface area (TPSA) is 94.7 Å². The molecule has 0 radical (unpaired) electrons. The maximum Gasteiger partial charge on any atom is 0.344 e. The number of phenolic OH excluding ortho intramolecular Hbond substituents is 1. The molecule has 0 heterocycles. The first-order chi connectivity index (χ1) is 9.46. The van der Waals surface area contributed by atoms with Gasteiger partial charge in [0.1, 0.15) is 11.3 Å². The minimum atomic E-state index is -1.03. The van der Waals surface area contributed by atoms with Gasteiger partial charge in [-0.1, -0.05) is 11.8 Å². The van der Waals surface area contributed by atoms with Crippen LogP contribution in [0.1, 0.15) is 10.4 Å². The Kier molecular flexibility index (Phi) is 5.79. The van der Waals surface area contributed by atoms with Gasteiger partial charge in [0.2, 0.25) is 0 Å². The maximum absolute atomic E-state index is 13.8. The number of nitrogens with one attached hydrogen (secondary N) is 1. The minimum Gasteiger partial charge on any atom is -0.505 e. The van der Waals surface area contributed by atoms with Crippen molar-refractivity contribution in [3.8, 4) is 11.9 Å². The van der Waals surface area contributed by atoms with Gasteiger partial charge in [-0.05, 0) is 28.3 Å². The lowest BCUT2D eigenvalue weighted by Gasteiger charge is -2.09. The van der Waals surface area contributed by atoms with Crippen LogP contribution in [-0.2, 0) is 4.74 Å². The molecule has 9 heteroatoms. The molecule has 20 heavy (non-hydrogen) atoms. The summed E-state index contributed by atoms with van der Waals surface area (Å²) in [6.07, 6.45) is 3.33. The van der Waals surface area contributed by atoms with E-state index in [1.807, 2.05) is 0 Å². The number of phenols is 1. The molecular weight excluding hydrogens is 353 g/mol. The van der Waals surface area contributed by atoms with Crippen LogP contribution in [-0.4, -0.2) is 29.6 Å². The minimum absolute atomic E-state index is 0.0631. The fraction of sp³-hybridized carbons (Fsp3) is 0.182. The Morgan fingerprint density at radius 1 is 1.70 bits per heavy atom. The van der Waals surface area contributed by atoms with Crippen molar-refractivity contribution in [1.29, 1.82) is 5.26 Å². The summed E-state index contributed by atoms with van der Waals surface area (Å²) in [5.74, 6) is -2.65. The number of amidine groups is 1. The van der Waals surface area contributed by atoms with E-state index in [2.05, 4.69) is 31.0 Å². The number of carbonyl (C=O) groups excluding carboxylic acids is 1. The smallest absolute Gasteiger partial charge is 0.344 e. The predicted molar refractivity (Wildman–Crippen MR) is 76.5 cm³/mol. The van der Waals surface area contributed by atoms with Crippen LogP contribution in [0.15, 0.2) is 15.5 Å². The van der Waals surface area contributed by atoms with Crippen molar-refractivity contribution in [2.45, 2.75) is 0 Å². The van der Waals surface area contributed by atoms with Crippen molar-refractivity contribution in [1.82, 2.24) is 5.32 Å². The Morgan fingerprint density at radius 3 is 2.85 bits per heavy atom. The summed E-state index contributed by atoms with van der Waals surface area (Å²) in [6, 6.07) is 1.19. The van der Waals surface area contributed by atoms with E-state index in [-0.39, 0.29) is 15.3 Å². The highest BCUT2D eigenvalue weighted by Gasteiger charge is 2.23. The number of hydrogen-bond acceptors (Lipinski definition) is 6. The van der Waals surface area contributed by atoms with E-state index in [1.54, 1.807) is 12.4 Å². The van der Waals surface area contributed by atoms with Crippen LogP contribution in [0.5, 0.6) is 5.75 Å². The number of nitriles is 1. The Morgan fingerprint density at radius 2 is 2.35 bits per heavy atom. The van der Waals surface area contributed by atoms with Crippen LogP contribution in [0.2, 0.25) is 0 Å². The first kappa shape index (κ1) is 16.3. The van der Waals surface area contributed by atoms with Gasteiger partial charge in [0.25, 0.3) is 0 Å². The molecule has 0 fully saturated rings. The second-order valence-corrected chi connectivity index (χ2v) is 4.91. The van der Waals surface area contributed by atoms with E-state index in [4.69, 9.17) is 5.26 Å². The number of rotatable bonds is 2. The molecule has 0 bridgehead atoms. The molecule has 0 atom stereocenters. The normalized spacial score (nSPS) is 10.8. The molecule has 1 aromatic rings. The van der Waals surface area contributed by atoms with Crippen molar-refractivity contribution in [3.63, 3.8) is 0 Å². The average molecular weight is 362 g/mol. The third-order valence-corrected chi connectivity index (χ3v) is 3.30. The van der Waals surface area contributed by atoms with Gasteiger partial charge in [0.15, 0.2) is 22.9 Å². The number of benzene rings is 1. The van der Waals surface area contributed by atoms with Crippen molar-refractivity contribution >= 4 is 44.5 Å². The molecule has 6 nitrogen and oxygen atoms in total. The lowest BCUT2D eigenvalue weighted by atomic mass is 10.1. The summed E-state index contributed by atoms with van der Waals surface area (Å²) in [6.45, 7) is 0. The highest BCUT2D eigenvalue weighted by Crippen LogP contribution is 2.37. The lowest BCUT2D eigenvalue weighted by molar-refractivity contribution is 0.0592. The largest absolute Gasteiger partial charge is 0.505 e. The number of hydrogen-bond donors (Lipinski definition) is 2. The molecule has 1 rings (SSSR count). The van der Waals surface area contributed by atoms with Crippen LogP contribution in [0.3, 0.4) is 0 Å². The maximum atomic E-state index is 13.8. The molecule has 0 amide bonds. The summed E-state index contributed by atoms with van der Waals surface area (Å²) in [5.41, 5.74) is -0.705. The first-order valence-corrected chi connectivity index (χ1v) is 7.05. The quantitative estimate of drug-likeness (QED) is 0.276. The number of methoxy groups -OCH3 is 1. The standard InChI is InChI=1S/C11H9BrFN3O3S/c1-19-10(18)7-8(13)5(12)3-6(9(7)17)16-11(20-2)15-4-14/h3,17H,1-2H3,(H,15,16). The van der Waals surface area contributed by atoms with Gasteiger partial charge in [-0.15, -0.1) is 0 Å². The van der Waals surface area contributed by atoms with E-state index < -0.39 is 23.1 Å². The predicted octanol–water partition coefficient (Wildman–Crippen LogP) is 2.50. The molecule has 0 unspecified atom stereocenters. The molecule has 0 saturated heterocycles. The van der Waals surface area contributed by atoms with E-state index in [1.165, 1.54) is 6.07 Å². The van der Waals surface area contributed by atoms with Gasteiger partial charge in [-0.25, -0.2) is 14.2 Å². The Hall–Kier alpha value is -1.79. The fourth-order valence-electron chi connectivity index (χ4n) is 1.26. The number of thioether (sulfide) groups is 1. The first-order valence-electron chi connectivity index (χ1n) is 5.03. The third kappa shape index (κ3) is 3.40. The van der Waals surface area contributed by atoms with Gasteiger partial charge in [0.05, 0.1) is 11.6 Å². The second-order valence-electron chi connectivity index (χ2n) is 3.26. The summed E-state index contributed by atoms with van der Waals surface area (Å²) < 4.78 is 18.2. The van der Waals surface area contributed by atoms with E-state index in [0.717, 1.165) is 18.9 Å². The Balaban J connectivity index is 3.47. The molecule has 0 aromatic heterocycles. The number of esters is 1. The van der Waals surface area contributed by atoms with Gasteiger partial charge in [-0.2, -0.15) is 5.26 Å². The molecule has 0 aliphatic carbocycles. The van der Waals surface area contributed by atoms with Crippen molar-refractivity contribution < 1.29 is 19.0 Å². The number of aliphatic imine (C=N–C) groups is 1. The Bertz CT molecular complexity index is 616. The lowest BCUT2D eigenvalue weighted by Crippen LogP contribution is -2.12. The second kappa shape index (κ2) is 7.12. The van der Waals surface area contributed by atoms with Crippen molar-refractivity contribution in [3.05, 3.63) is 21.9 Å². The Labute approximate surface area is 126 Å². The zero-order chi connectivity index (χ0) is 15.3. The van der Waals surface area contributed by atoms with Crippen LogP contribution in [0.25, 0.3) is 0 Å². The molecular formula is C11H9BrFN3O3S. The fourth-order valence-corrected chi connectivity index (χ4v) is 2.01. The summed E-state index contributed by atoms with van der Waals surface area (Å²) in [4.78, 5) is 15.4. The number of nitrogens with zero attached hydrogens (tertiary/aromatic N) is 2. The van der Waals surface area contributed by atoms with E-state index >= 15 is 0 Å². The molecule has 2 N–H and O–H groups in total. The van der Waals surface area contributed by atoms with Crippen LogP contribution < -0.4 is 5.32 Å². The summed E-state index contributed by atoms with van der Waals surface area (Å²) in [5, 5.41) is 20.9. The molecule has 0 aliphatic rings. The zero-order valence-electron chi connectivity index (χ0n) is 10.4. The molecule has 0 aliphatic heterocycles. The number of halogens is 2. The van der Waals surface area contributed by atoms with Crippen LogP contribution in [0.4, 0.5) is 10.1 Å². The third-order valence-electron chi connectivity index (χ3n) is 2.14. The average Bonchev–Trinajstić information content (AvgIpc) is 2.43. The highest BCUT2D eigenvalue weighted by molar-refractivity contribution is 9.10. The molecule has 0 spiro atoms.